The zero-order valence-corrected chi connectivity index (χ0v) is 14.3. The third-order valence-corrected chi connectivity index (χ3v) is 3.70. The lowest BCUT2D eigenvalue weighted by Crippen LogP contribution is -2.32. The summed E-state index contributed by atoms with van der Waals surface area (Å²) in [7, 11) is 3.26. The van der Waals surface area contributed by atoms with Crippen molar-refractivity contribution < 1.29 is 14.4 Å². The van der Waals surface area contributed by atoms with Crippen LogP contribution >= 0.6 is 0 Å². The quantitative estimate of drug-likeness (QED) is 0.792. The van der Waals surface area contributed by atoms with Gasteiger partial charge in [0, 0.05) is 7.05 Å². The van der Waals surface area contributed by atoms with Crippen LogP contribution in [0.1, 0.15) is 22.3 Å². The molecule has 23 heavy (non-hydrogen) atoms. The molecule has 0 aliphatic heterocycles. The zero-order chi connectivity index (χ0) is 17.0. The number of benzene rings is 2. The van der Waals surface area contributed by atoms with E-state index in [-0.39, 0.29) is 12.3 Å². The van der Waals surface area contributed by atoms with Crippen molar-refractivity contribution in [2.45, 2.75) is 27.2 Å². The molecule has 0 aromatic heterocycles. The normalized spacial score (nSPS) is 10.3. The van der Waals surface area contributed by atoms with Crippen molar-refractivity contribution in [1.29, 1.82) is 0 Å². The Morgan fingerprint density at radius 1 is 1.04 bits per heavy atom. The van der Waals surface area contributed by atoms with Crippen LogP contribution < -0.4 is 9.57 Å². The summed E-state index contributed by atoms with van der Waals surface area (Å²) in [5.41, 5.74) is 4.14. The zero-order valence-electron chi connectivity index (χ0n) is 14.3. The molecule has 0 aliphatic rings. The van der Waals surface area contributed by atoms with E-state index in [9.17, 15) is 4.79 Å². The number of aryl methyl sites for hydroxylation is 3. The highest BCUT2D eigenvalue weighted by molar-refractivity contribution is 5.77. The number of hydrogen-bond acceptors (Lipinski definition) is 3. The number of hydrogen-bond donors (Lipinski definition) is 0. The van der Waals surface area contributed by atoms with Crippen molar-refractivity contribution in [3.63, 3.8) is 0 Å². The molecular weight excluding hydrogens is 290 g/mol. The second kappa shape index (κ2) is 7.18. The van der Waals surface area contributed by atoms with E-state index in [0.29, 0.717) is 0 Å². The van der Waals surface area contributed by atoms with Crippen LogP contribution in [0.15, 0.2) is 36.4 Å². The number of rotatable bonds is 5. The van der Waals surface area contributed by atoms with Gasteiger partial charge < -0.3 is 9.57 Å². The predicted molar refractivity (Wildman–Crippen MR) is 90.7 cm³/mol. The number of amides is 1. The molecule has 0 atom stereocenters. The highest BCUT2D eigenvalue weighted by Crippen LogP contribution is 2.25. The van der Waals surface area contributed by atoms with E-state index in [1.165, 1.54) is 10.6 Å². The van der Waals surface area contributed by atoms with Crippen molar-refractivity contribution in [3.05, 3.63) is 58.7 Å². The first-order valence-corrected chi connectivity index (χ1v) is 7.56. The maximum absolute atomic E-state index is 12.3. The van der Waals surface area contributed by atoms with Crippen LogP contribution in [0.25, 0.3) is 0 Å². The highest BCUT2D eigenvalue weighted by atomic mass is 16.7. The molecule has 0 heterocycles. The summed E-state index contributed by atoms with van der Waals surface area (Å²) < 4.78 is 5.12. The van der Waals surface area contributed by atoms with Gasteiger partial charge in [-0.3, -0.25) is 4.79 Å². The van der Waals surface area contributed by atoms with Crippen LogP contribution in [0.2, 0.25) is 0 Å². The molecular formula is C19H23NO3. The largest absolute Gasteiger partial charge is 0.497 e. The molecule has 0 saturated heterocycles. The van der Waals surface area contributed by atoms with Crippen LogP contribution in [-0.2, 0) is 11.2 Å². The molecule has 0 spiro atoms. The topological polar surface area (TPSA) is 38.8 Å². The van der Waals surface area contributed by atoms with Crippen LogP contribution in [0.5, 0.6) is 11.5 Å². The third kappa shape index (κ3) is 4.25. The Bertz CT molecular complexity index is 669. The van der Waals surface area contributed by atoms with Gasteiger partial charge in [-0.15, -0.1) is 0 Å². The van der Waals surface area contributed by atoms with Crippen LogP contribution in [0.3, 0.4) is 0 Å². The molecule has 0 aliphatic carbocycles. The van der Waals surface area contributed by atoms with Crippen LogP contribution in [0.4, 0.5) is 0 Å². The molecule has 4 heteroatoms. The minimum Gasteiger partial charge on any atom is -0.497 e. The van der Waals surface area contributed by atoms with Crippen LogP contribution in [0, 0.1) is 20.8 Å². The minimum atomic E-state index is -0.102. The van der Waals surface area contributed by atoms with E-state index in [2.05, 4.69) is 0 Å². The molecule has 122 valence electrons. The molecule has 1 amide bonds. The lowest BCUT2D eigenvalue weighted by Gasteiger charge is -2.21. The molecule has 0 N–H and O–H groups in total. The predicted octanol–water partition coefficient (Wildman–Crippen LogP) is 3.62. The summed E-state index contributed by atoms with van der Waals surface area (Å²) in [6, 6.07) is 11.5. The third-order valence-electron chi connectivity index (χ3n) is 3.70. The Kier molecular flexibility index (Phi) is 5.27. The molecule has 0 radical (unpaired) electrons. The first kappa shape index (κ1) is 16.9. The SMILES string of the molecule is COc1ccc(CC(=O)N(C)Oc2c(C)cc(C)cc2C)cc1. The monoisotopic (exact) mass is 313 g/mol. The Labute approximate surface area is 137 Å². The lowest BCUT2D eigenvalue weighted by molar-refractivity contribution is -0.151. The molecule has 4 nitrogen and oxygen atoms in total. The molecule has 0 saturated carbocycles. The number of methoxy groups -OCH3 is 1. The van der Waals surface area contributed by atoms with E-state index in [1.54, 1.807) is 14.2 Å². The second-order valence-electron chi connectivity index (χ2n) is 5.74. The fraction of sp³-hybridized carbons (Fsp3) is 0.316. The second-order valence-corrected chi connectivity index (χ2v) is 5.74. The Hall–Kier alpha value is -2.49. The van der Waals surface area contributed by atoms with E-state index in [0.717, 1.165) is 28.2 Å². The first-order chi connectivity index (χ1) is 10.9. The molecule has 0 bridgehead atoms. The van der Waals surface area contributed by atoms with Gasteiger partial charge in [0.2, 0.25) is 0 Å². The minimum absolute atomic E-state index is 0.102. The number of hydroxylamine groups is 2. The Morgan fingerprint density at radius 2 is 1.61 bits per heavy atom. The average Bonchev–Trinajstić information content (AvgIpc) is 2.51. The van der Waals surface area contributed by atoms with E-state index in [1.807, 2.05) is 57.2 Å². The van der Waals surface area contributed by atoms with Crippen molar-refractivity contribution in [1.82, 2.24) is 5.06 Å². The number of likely N-dealkylation sites (N-methyl/N-ethyl adjacent to an activating group) is 1. The van der Waals surface area contributed by atoms with Gasteiger partial charge in [-0.25, -0.2) is 0 Å². The van der Waals surface area contributed by atoms with Crippen molar-refractivity contribution >= 4 is 5.91 Å². The summed E-state index contributed by atoms with van der Waals surface area (Å²) in [6.07, 6.45) is 0.282. The molecule has 2 aromatic carbocycles. The van der Waals surface area contributed by atoms with Gasteiger partial charge in [-0.2, -0.15) is 5.06 Å². The standard InChI is InChI=1S/C19H23NO3/c1-13-10-14(2)19(15(3)11-13)23-20(4)18(21)12-16-6-8-17(22-5)9-7-16/h6-11H,12H2,1-5H3. The fourth-order valence-electron chi connectivity index (χ4n) is 2.53. The van der Waals surface area contributed by atoms with E-state index >= 15 is 0 Å². The van der Waals surface area contributed by atoms with Gasteiger partial charge >= 0.3 is 0 Å². The summed E-state index contributed by atoms with van der Waals surface area (Å²) in [5.74, 6) is 1.41. The molecule has 2 rings (SSSR count). The number of ether oxygens (including phenoxy) is 1. The lowest BCUT2D eigenvalue weighted by atomic mass is 10.1. The molecule has 0 unspecified atom stereocenters. The highest BCUT2D eigenvalue weighted by Gasteiger charge is 2.14. The summed E-state index contributed by atoms with van der Waals surface area (Å²) in [5, 5.41) is 1.30. The van der Waals surface area contributed by atoms with Crippen molar-refractivity contribution in [2.24, 2.45) is 0 Å². The van der Waals surface area contributed by atoms with E-state index < -0.39 is 0 Å². The van der Waals surface area contributed by atoms with Crippen LogP contribution in [-0.4, -0.2) is 25.1 Å². The van der Waals surface area contributed by atoms with E-state index in [4.69, 9.17) is 9.57 Å². The summed E-state index contributed by atoms with van der Waals surface area (Å²) in [4.78, 5) is 18.1. The summed E-state index contributed by atoms with van der Waals surface area (Å²) >= 11 is 0. The maximum Gasteiger partial charge on any atom is 0.259 e. The summed E-state index contributed by atoms with van der Waals surface area (Å²) in [6.45, 7) is 6.01. The smallest absolute Gasteiger partial charge is 0.259 e. The van der Waals surface area contributed by atoms with Crippen molar-refractivity contribution in [3.8, 4) is 11.5 Å². The van der Waals surface area contributed by atoms with Gasteiger partial charge in [0.25, 0.3) is 5.91 Å². The number of carbonyl (C=O) groups is 1. The first-order valence-electron chi connectivity index (χ1n) is 7.56. The molecule has 0 fully saturated rings. The van der Waals surface area contributed by atoms with Gasteiger partial charge in [-0.05, 0) is 49.6 Å². The maximum atomic E-state index is 12.3. The molecule has 2 aromatic rings. The number of carbonyl (C=O) groups excluding carboxylic acids is 1. The Balaban J connectivity index is 2.05. The Morgan fingerprint density at radius 3 is 2.13 bits per heavy atom. The van der Waals surface area contributed by atoms with Gasteiger partial charge in [0.1, 0.15) is 5.75 Å². The average molecular weight is 313 g/mol. The number of nitrogens with zero attached hydrogens (tertiary/aromatic N) is 1. The van der Waals surface area contributed by atoms with Gasteiger partial charge in [-0.1, -0.05) is 29.8 Å². The fourth-order valence-corrected chi connectivity index (χ4v) is 2.53. The van der Waals surface area contributed by atoms with Gasteiger partial charge in [0.05, 0.1) is 13.5 Å². The van der Waals surface area contributed by atoms with Gasteiger partial charge in [0.15, 0.2) is 5.75 Å². The van der Waals surface area contributed by atoms with Crippen molar-refractivity contribution in [2.75, 3.05) is 14.2 Å².